The van der Waals surface area contributed by atoms with E-state index in [-0.39, 0.29) is 24.1 Å². The lowest BCUT2D eigenvalue weighted by Crippen LogP contribution is -2.51. The average Bonchev–Trinajstić information content (AvgIpc) is 2.27. The highest BCUT2D eigenvalue weighted by Gasteiger charge is 2.31. The molecule has 2 rings (SSSR count). The Morgan fingerprint density at radius 3 is 2.78 bits per heavy atom. The van der Waals surface area contributed by atoms with Crippen LogP contribution in [0.2, 0.25) is 0 Å². The number of nitro benzene ring substituents is 1. The Morgan fingerprint density at radius 1 is 1.56 bits per heavy atom. The number of benzene rings is 1. The first-order valence-corrected chi connectivity index (χ1v) is 5.68. The van der Waals surface area contributed by atoms with Crippen LogP contribution >= 0.6 is 0 Å². The third kappa shape index (κ3) is 2.19. The van der Waals surface area contributed by atoms with Crippen LogP contribution in [0.25, 0.3) is 0 Å². The Morgan fingerprint density at radius 2 is 2.22 bits per heavy atom. The lowest BCUT2D eigenvalue weighted by atomic mass is 9.98. The van der Waals surface area contributed by atoms with Gasteiger partial charge in [0, 0.05) is 43.3 Å². The van der Waals surface area contributed by atoms with E-state index >= 15 is 0 Å². The molecule has 1 amide bonds. The van der Waals surface area contributed by atoms with E-state index in [1.165, 1.54) is 12.1 Å². The number of nitro groups is 1. The van der Waals surface area contributed by atoms with Gasteiger partial charge in [-0.15, -0.1) is 0 Å². The minimum atomic E-state index is -0.511. The molecule has 0 bridgehead atoms. The summed E-state index contributed by atoms with van der Waals surface area (Å²) in [6.07, 6.45) is 0. The predicted molar refractivity (Wildman–Crippen MR) is 64.3 cm³/mol. The maximum atomic E-state index is 12.1. The molecule has 0 aliphatic carbocycles. The monoisotopic (exact) mass is 250 g/mol. The SMILES string of the molecule is Cc1ccc([N+](=O)[O-])cc1C(=O)N1CC(CO)C1. The molecule has 96 valence electrons. The summed E-state index contributed by atoms with van der Waals surface area (Å²) in [6.45, 7) is 2.84. The number of non-ortho nitro benzene ring substituents is 1. The fraction of sp³-hybridized carbons (Fsp3) is 0.417. The number of hydrogen-bond donors (Lipinski definition) is 1. The number of aryl methyl sites for hydroxylation is 1. The van der Waals surface area contributed by atoms with Crippen molar-refractivity contribution >= 4 is 11.6 Å². The molecule has 0 saturated carbocycles. The molecule has 0 aromatic heterocycles. The van der Waals surface area contributed by atoms with Gasteiger partial charge in [0.15, 0.2) is 0 Å². The summed E-state index contributed by atoms with van der Waals surface area (Å²) in [7, 11) is 0. The maximum absolute atomic E-state index is 12.1. The number of aliphatic hydroxyl groups excluding tert-OH is 1. The predicted octanol–water partition coefficient (Wildman–Crippen LogP) is 0.968. The van der Waals surface area contributed by atoms with Gasteiger partial charge < -0.3 is 10.0 Å². The summed E-state index contributed by atoms with van der Waals surface area (Å²) in [5.74, 6) is -0.0751. The van der Waals surface area contributed by atoms with Crippen molar-refractivity contribution in [3.8, 4) is 0 Å². The molecule has 1 heterocycles. The zero-order valence-electron chi connectivity index (χ0n) is 10.00. The number of carbonyl (C=O) groups excluding carboxylic acids is 1. The standard InChI is InChI=1S/C12H14N2O4/c1-8-2-3-10(14(17)18)4-11(8)12(16)13-5-9(6-13)7-15/h2-4,9,15H,5-7H2,1H3. The average molecular weight is 250 g/mol. The molecule has 0 spiro atoms. The zero-order valence-corrected chi connectivity index (χ0v) is 10.00. The number of carbonyl (C=O) groups is 1. The van der Waals surface area contributed by atoms with Crippen LogP contribution < -0.4 is 0 Å². The summed E-state index contributed by atoms with van der Waals surface area (Å²) < 4.78 is 0. The van der Waals surface area contributed by atoms with Gasteiger partial charge in [0.1, 0.15) is 0 Å². The van der Waals surface area contributed by atoms with Gasteiger partial charge in [0.2, 0.25) is 0 Å². The lowest BCUT2D eigenvalue weighted by Gasteiger charge is -2.38. The summed E-state index contributed by atoms with van der Waals surface area (Å²) in [5.41, 5.74) is 1.00. The fourth-order valence-electron chi connectivity index (χ4n) is 1.98. The number of amides is 1. The van der Waals surface area contributed by atoms with Crippen molar-refractivity contribution in [1.29, 1.82) is 0 Å². The van der Waals surface area contributed by atoms with Gasteiger partial charge in [-0.3, -0.25) is 14.9 Å². The quantitative estimate of drug-likeness (QED) is 0.640. The van der Waals surface area contributed by atoms with E-state index in [0.717, 1.165) is 5.56 Å². The summed E-state index contributed by atoms with van der Waals surface area (Å²) >= 11 is 0. The Balaban J connectivity index is 2.20. The van der Waals surface area contributed by atoms with Crippen molar-refractivity contribution in [2.45, 2.75) is 6.92 Å². The van der Waals surface area contributed by atoms with Gasteiger partial charge in [-0.25, -0.2) is 0 Å². The third-order valence-corrected chi connectivity index (χ3v) is 3.16. The number of nitrogens with zero attached hydrogens (tertiary/aromatic N) is 2. The van der Waals surface area contributed by atoms with Crippen molar-refractivity contribution < 1.29 is 14.8 Å². The van der Waals surface area contributed by atoms with Crippen LogP contribution in [0.15, 0.2) is 18.2 Å². The first-order chi connectivity index (χ1) is 8.52. The van der Waals surface area contributed by atoms with Crippen LogP contribution in [0.1, 0.15) is 15.9 Å². The number of likely N-dealkylation sites (tertiary alicyclic amines) is 1. The van der Waals surface area contributed by atoms with E-state index in [9.17, 15) is 14.9 Å². The Kier molecular flexibility index (Phi) is 3.29. The van der Waals surface area contributed by atoms with Crippen molar-refractivity contribution in [3.63, 3.8) is 0 Å². The van der Waals surface area contributed by atoms with Crippen molar-refractivity contribution in [2.75, 3.05) is 19.7 Å². The smallest absolute Gasteiger partial charge is 0.270 e. The fourth-order valence-corrected chi connectivity index (χ4v) is 1.98. The minimum absolute atomic E-state index is 0.0672. The molecule has 1 fully saturated rings. The largest absolute Gasteiger partial charge is 0.396 e. The van der Waals surface area contributed by atoms with E-state index in [0.29, 0.717) is 18.7 Å². The van der Waals surface area contributed by atoms with Crippen LogP contribution in [-0.4, -0.2) is 40.5 Å². The Hall–Kier alpha value is -1.95. The molecule has 0 atom stereocenters. The highest BCUT2D eigenvalue weighted by Crippen LogP contribution is 2.23. The van der Waals surface area contributed by atoms with Gasteiger partial charge in [-0.1, -0.05) is 6.07 Å². The van der Waals surface area contributed by atoms with Crippen molar-refractivity contribution in [2.24, 2.45) is 5.92 Å². The first kappa shape index (κ1) is 12.5. The lowest BCUT2D eigenvalue weighted by molar-refractivity contribution is -0.384. The molecule has 1 N–H and O–H groups in total. The molecule has 6 heteroatoms. The van der Waals surface area contributed by atoms with E-state index in [1.807, 2.05) is 0 Å². The van der Waals surface area contributed by atoms with Crippen LogP contribution in [-0.2, 0) is 0 Å². The third-order valence-electron chi connectivity index (χ3n) is 3.16. The summed E-state index contributed by atoms with van der Waals surface area (Å²) in [4.78, 5) is 23.9. The second-order valence-electron chi connectivity index (χ2n) is 4.52. The molecule has 1 saturated heterocycles. The van der Waals surface area contributed by atoms with Crippen molar-refractivity contribution in [1.82, 2.24) is 4.90 Å². The molecule has 1 aliphatic rings. The minimum Gasteiger partial charge on any atom is -0.396 e. The molecule has 0 radical (unpaired) electrons. The highest BCUT2D eigenvalue weighted by atomic mass is 16.6. The van der Waals surface area contributed by atoms with Gasteiger partial charge in [0.25, 0.3) is 11.6 Å². The van der Waals surface area contributed by atoms with Crippen LogP contribution in [0.4, 0.5) is 5.69 Å². The molecule has 6 nitrogen and oxygen atoms in total. The second-order valence-corrected chi connectivity index (χ2v) is 4.52. The van der Waals surface area contributed by atoms with E-state index in [4.69, 9.17) is 5.11 Å². The molecule has 0 unspecified atom stereocenters. The maximum Gasteiger partial charge on any atom is 0.270 e. The Labute approximate surface area is 104 Å². The molecular formula is C12H14N2O4. The van der Waals surface area contributed by atoms with E-state index < -0.39 is 4.92 Å². The molecule has 1 aliphatic heterocycles. The molecule has 1 aromatic rings. The molecule has 1 aromatic carbocycles. The first-order valence-electron chi connectivity index (χ1n) is 5.68. The Bertz CT molecular complexity index is 495. The number of hydrogen-bond acceptors (Lipinski definition) is 4. The summed E-state index contributed by atoms with van der Waals surface area (Å²) in [5, 5.41) is 19.6. The van der Waals surface area contributed by atoms with Gasteiger partial charge >= 0.3 is 0 Å². The van der Waals surface area contributed by atoms with Crippen molar-refractivity contribution in [3.05, 3.63) is 39.4 Å². The van der Waals surface area contributed by atoms with Crippen LogP contribution in [0.5, 0.6) is 0 Å². The van der Waals surface area contributed by atoms with Gasteiger partial charge in [-0.05, 0) is 12.5 Å². The molecular weight excluding hydrogens is 236 g/mol. The molecule has 18 heavy (non-hydrogen) atoms. The van der Waals surface area contributed by atoms with Crippen LogP contribution in [0.3, 0.4) is 0 Å². The number of rotatable bonds is 3. The van der Waals surface area contributed by atoms with Crippen LogP contribution in [0, 0.1) is 23.0 Å². The zero-order chi connectivity index (χ0) is 13.3. The topological polar surface area (TPSA) is 83.7 Å². The highest BCUT2D eigenvalue weighted by molar-refractivity contribution is 5.96. The van der Waals surface area contributed by atoms with Gasteiger partial charge in [-0.2, -0.15) is 0 Å². The second kappa shape index (κ2) is 4.73. The van der Waals surface area contributed by atoms with E-state index in [2.05, 4.69) is 0 Å². The van der Waals surface area contributed by atoms with Gasteiger partial charge in [0.05, 0.1) is 4.92 Å². The van der Waals surface area contributed by atoms with E-state index in [1.54, 1.807) is 17.9 Å². The summed E-state index contributed by atoms with van der Waals surface area (Å²) in [6, 6.07) is 4.28. The number of aliphatic hydroxyl groups is 1. The normalized spacial score (nSPS) is 15.3.